The normalized spacial score (nSPS) is 9.29. The Bertz CT molecular complexity index is 486. The lowest BCUT2D eigenvalue weighted by Gasteiger charge is -2.10. The molecule has 0 fully saturated rings. The summed E-state index contributed by atoms with van der Waals surface area (Å²) in [5.41, 5.74) is 0.708. The number of nitrogens with one attached hydrogen (secondary N) is 2. The van der Waals surface area contributed by atoms with Gasteiger partial charge in [-0.25, -0.2) is 4.99 Å². The Kier molecular flexibility index (Phi) is 9.42. The summed E-state index contributed by atoms with van der Waals surface area (Å²) >= 11 is 0. The number of non-ortho nitro benzene ring substituents is 1. The monoisotopic (exact) mass is 408 g/mol. The number of aliphatic imine (C=N–C) groups is 1. The molecule has 7 nitrogen and oxygen atoms in total. The van der Waals surface area contributed by atoms with Crippen LogP contribution in [-0.2, 0) is 6.54 Å². The predicted octanol–water partition coefficient (Wildman–Crippen LogP) is 2.30. The third kappa shape index (κ3) is 6.15. The smallest absolute Gasteiger partial charge is 0.270 e. The Morgan fingerprint density at radius 2 is 1.95 bits per heavy atom. The molecule has 0 amide bonds. The van der Waals surface area contributed by atoms with E-state index in [4.69, 9.17) is 4.74 Å². The minimum atomic E-state index is -0.428. The van der Waals surface area contributed by atoms with Crippen molar-refractivity contribution in [2.24, 2.45) is 4.99 Å². The molecule has 2 N–H and O–H groups in total. The molecule has 0 aromatic heterocycles. The Balaban J connectivity index is 0.00000400. The maximum absolute atomic E-state index is 10.8. The van der Waals surface area contributed by atoms with Gasteiger partial charge in [0.2, 0.25) is 0 Å². The molecule has 0 bridgehead atoms. The molecule has 1 aromatic rings. The fourth-order valence-corrected chi connectivity index (χ4v) is 1.68. The second kappa shape index (κ2) is 10.2. The zero-order valence-electron chi connectivity index (χ0n) is 12.4. The summed E-state index contributed by atoms with van der Waals surface area (Å²) < 4.78 is 5.20. The fourth-order valence-electron chi connectivity index (χ4n) is 1.68. The van der Waals surface area contributed by atoms with Gasteiger partial charge in [0.05, 0.1) is 18.6 Å². The molecule has 0 atom stereocenters. The van der Waals surface area contributed by atoms with E-state index < -0.39 is 4.92 Å². The van der Waals surface area contributed by atoms with Crippen molar-refractivity contribution in [3.8, 4) is 5.75 Å². The lowest BCUT2D eigenvalue weighted by molar-refractivity contribution is -0.384. The Morgan fingerprint density at radius 3 is 2.43 bits per heavy atom. The number of rotatable bonds is 6. The number of methoxy groups -OCH3 is 1. The van der Waals surface area contributed by atoms with E-state index in [9.17, 15) is 10.1 Å². The Labute approximate surface area is 141 Å². The van der Waals surface area contributed by atoms with Crippen molar-refractivity contribution in [2.45, 2.75) is 20.4 Å². The van der Waals surface area contributed by atoms with Crippen molar-refractivity contribution < 1.29 is 9.66 Å². The van der Waals surface area contributed by atoms with Crippen LogP contribution in [0.1, 0.15) is 19.4 Å². The van der Waals surface area contributed by atoms with Crippen LogP contribution in [0, 0.1) is 10.1 Å². The van der Waals surface area contributed by atoms with Gasteiger partial charge in [0.15, 0.2) is 5.96 Å². The summed E-state index contributed by atoms with van der Waals surface area (Å²) in [6.07, 6.45) is 0. The van der Waals surface area contributed by atoms with E-state index >= 15 is 0 Å². The first-order valence-corrected chi connectivity index (χ1v) is 6.45. The van der Waals surface area contributed by atoms with Crippen LogP contribution in [0.5, 0.6) is 5.75 Å². The van der Waals surface area contributed by atoms with Gasteiger partial charge in [-0.15, -0.1) is 24.0 Å². The van der Waals surface area contributed by atoms with Crippen molar-refractivity contribution >= 4 is 35.6 Å². The van der Waals surface area contributed by atoms with E-state index in [1.54, 1.807) is 6.07 Å². The molecular weight excluding hydrogens is 387 g/mol. The molecular formula is C13H21IN4O3. The predicted molar refractivity (Wildman–Crippen MR) is 93.6 cm³/mol. The van der Waals surface area contributed by atoms with Crippen molar-refractivity contribution in [2.75, 3.05) is 20.2 Å². The van der Waals surface area contributed by atoms with E-state index in [0.29, 0.717) is 23.8 Å². The standard InChI is InChI=1S/C13H20N4O3.HI/c1-4-14-13(15-5-2)16-9-10-8-11(17(18)19)6-7-12(10)20-3;/h6-8H,4-5,9H2,1-3H3,(H2,14,15,16);1H. The van der Waals surface area contributed by atoms with Crippen LogP contribution in [0.15, 0.2) is 23.2 Å². The Hall–Kier alpha value is -1.58. The van der Waals surface area contributed by atoms with E-state index in [-0.39, 0.29) is 29.7 Å². The van der Waals surface area contributed by atoms with Crippen molar-refractivity contribution in [3.63, 3.8) is 0 Å². The first-order chi connectivity index (χ1) is 9.62. The van der Waals surface area contributed by atoms with Gasteiger partial charge in [-0.3, -0.25) is 10.1 Å². The number of nitro groups is 1. The van der Waals surface area contributed by atoms with Crippen LogP contribution in [0.2, 0.25) is 0 Å². The molecule has 0 unspecified atom stereocenters. The molecule has 0 aliphatic rings. The maximum atomic E-state index is 10.8. The van der Waals surface area contributed by atoms with Gasteiger partial charge in [0.1, 0.15) is 5.75 Å². The molecule has 1 aromatic carbocycles. The van der Waals surface area contributed by atoms with Crippen LogP contribution in [0.4, 0.5) is 5.69 Å². The van der Waals surface area contributed by atoms with Crippen molar-refractivity contribution in [1.29, 1.82) is 0 Å². The molecule has 0 aliphatic carbocycles. The highest BCUT2D eigenvalue weighted by Gasteiger charge is 2.11. The lowest BCUT2D eigenvalue weighted by Crippen LogP contribution is -2.36. The number of hydrogen-bond donors (Lipinski definition) is 2. The molecule has 8 heteroatoms. The molecule has 21 heavy (non-hydrogen) atoms. The van der Waals surface area contributed by atoms with Crippen LogP contribution < -0.4 is 15.4 Å². The van der Waals surface area contributed by atoms with Crippen molar-refractivity contribution in [3.05, 3.63) is 33.9 Å². The van der Waals surface area contributed by atoms with Crippen LogP contribution in [-0.4, -0.2) is 31.1 Å². The average molecular weight is 408 g/mol. The Morgan fingerprint density at radius 1 is 1.33 bits per heavy atom. The summed E-state index contributed by atoms with van der Waals surface area (Å²) in [5.74, 6) is 1.26. The number of guanidine groups is 1. The quantitative estimate of drug-likeness (QED) is 0.248. The zero-order chi connectivity index (χ0) is 15.0. The van der Waals surface area contributed by atoms with Gasteiger partial charge >= 0.3 is 0 Å². The first-order valence-electron chi connectivity index (χ1n) is 6.45. The fraction of sp³-hybridized carbons (Fsp3) is 0.462. The number of nitro benzene ring substituents is 1. The summed E-state index contributed by atoms with van der Waals surface area (Å²) in [7, 11) is 1.53. The minimum absolute atomic E-state index is 0. The molecule has 0 aliphatic heterocycles. The summed E-state index contributed by atoms with van der Waals surface area (Å²) in [6, 6.07) is 4.49. The molecule has 0 spiro atoms. The molecule has 0 saturated heterocycles. The first kappa shape index (κ1) is 19.4. The zero-order valence-corrected chi connectivity index (χ0v) is 14.7. The highest BCUT2D eigenvalue weighted by Crippen LogP contribution is 2.24. The second-order valence-corrected chi connectivity index (χ2v) is 3.98. The third-order valence-corrected chi connectivity index (χ3v) is 2.57. The van der Waals surface area contributed by atoms with Gasteiger partial charge in [0.25, 0.3) is 5.69 Å². The number of nitrogens with zero attached hydrogens (tertiary/aromatic N) is 2. The SMILES string of the molecule is CCNC(=NCc1cc([N+](=O)[O-])ccc1OC)NCC.I. The average Bonchev–Trinajstić information content (AvgIpc) is 2.44. The number of hydrogen-bond acceptors (Lipinski definition) is 4. The third-order valence-electron chi connectivity index (χ3n) is 2.57. The van der Waals surface area contributed by atoms with Crippen molar-refractivity contribution in [1.82, 2.24) is 10.6 Å². The van der Waals surface area contributed by atoms with E-state index in [2.05, 4.69) is 15.6 Å². The molecule has 118 valence electrons. The highest BCUT2D eigenvalue weighted by atomic mass is 127. The van der Waals surface area contributed by atoms with E-state index in [1.807, 2.05) is 13.8 Å². The summed E-state index contributed by atoms with van der Waals surface area (Å²) in [5, 5.41) is 17.0. The van der Waals surface area contributed by atoms with Gasteiger partial charge in [-0.2, -0.15) is 0 Å². The van der Waals surface area contributed by atoms with Gasteiger partial charge in [0, 0.05) is 30.8 Å². The molecule has 1 rings (SSSR count). The maximum Gasteiger partial charge on any atom is 0.270 e. The minimum Gasteiger partial charge on any atom is -0.496 e. The number of benzene rings is 1. The van der Waals surface area contributed by atoms with Gasteiger partial charge in [-0.05, 0) is 19.9 Å². The highest BCUT2D eigenvalue weighted by molar-refractivity contribution is 14.0. The van der Waals surface area contributed by atoms with E-state index in [1.165, 1.54) is 19.2 Å². The van der Waals surface area contributed by atoms with Gasteiger partial charge in [-0.1, -0.05) is 0 Å². The molecule has 0 saturated carbocycles. The summed E-state index contributed by atoms with van der Waals surface area (Å²) in [4.78, 5) is 14.7. The van der Waals surface area contributed by atoms with Crippen LogP contribution in [0.3, 0.4) is 0 Å². The van der Waals surface area contributed by atoms with E-state index in [0.717, 1.165) is 13.1 Å². The largest absolute Gasteiger partial charge is 0.496 e. The van der Waals surface area contributed by atoms with Crippen LogP contribution >= 0.6 is 24.0 Å². The lowest BCUT2D eigenvalue weighted by atomic mass is 10.2. The number of halogens is 1. The van der Waals surface area contributed by atoms with Crippen LogP contribution in [0.25, 0.3) is 0 Å². The van der Waals surface area contributed by atoms with Gasteiger partial charge < -0.3 is 15.4 Å². The number of ether oxygens (including phenoxy) is 1. The molecule has 0 radical (unpaired) electrons. The second-order valence-electron chi connectivity index (χ2n) is 3.98. The summed E-state index contributed by atoms with van der Waals surface area (Å²) in [6.45, 7) is 5.75. The topological polar surface area (TPSA) is 88.8 Å². The molecule has 0 heterocycles.